The van der Waals surface area contributed by atoms with Gasteiger partial charge >= 0.3 is 0 Å². The molecule has 1 aromatic rings. The van der Waals surface area contributed by atoms with Crippen molar-refractivity contribution in [1.29, 1.82) is 0 Å². The summed E-state index contributed by atoms with van der Waals surface area (Å²) in [4.78, 5) is 0.0337. The average molecular weight is 354 g/mol. The third-order valence-corrected chi connectivity index (χ3v) is 5.97. The minimum atomic E-state index is -3.65. The number of sulfonamides is 1. The van der Waals surface area contributed by atoms with Gasteiger partial charge < -0.3 is 9.84 Å². The lowest BCUT2D eigenvalue weighted by molar-refractivity contribution is 0.00318. The van der Waals surface area contributed by atoms with Crippen molar-refractivity contribution in [3.05, 3.63) is 28.2 Å². The van der Waals surface area contributed by atoms with E-state index in [0.29, 0.717) is 31.0 Å². The molecule has 0 saturated carbocycles. The molecule has 118 valence electrons. The van der Waals surface area contributed by atoms with Gasteiger partial charge in [-0.25, -0.2) is 8.42 Å². The molecule has 0 bridgehead atoms. The van der Waals surface area contributed by atoms with Crippen LogP contribution in [0.4, 0.5) is 0 Å². The van der Waals surface area contributed by atoms with Gasteiger partial charge in [0, 0.05) is 18.1 Å². The van der Waals surface area contributed by atoms with Crippen molar-refractivity contribution in [3.63, 3.8) is 0 Å². The molecule has 0 unspecified atom stereocenters. The predicted octanol–water partition coefficient (Wildman–Crippen LogP) is 2.16. The number of aliphatic hydroxyl groups is 1. The molecule has 1 aliphatic heterocycles. The summed E-state index contributed by atoms with van der Waals surface area (Å²) in [5, 5.41) is 9.22. The van der Waals surface area contributed by atoms with Gasteiger partial charge in [-0.15, -0.1) is 0 Å². The summed E-state index contributed by atoms with van der Waals surface area (Å²) in [5.41, 5.74) is 0. The Morgan fingerprint density at radius 2 is 1.95 bits per heavy atom. The molecular weight excluding hydrogens is 337 g/mol. The maximum absolute atomic E-state index is 12.6. The standard InChI is InChI=1S/C13H17Cl2NO4S/c14-10-1-2-12(15)13(9-10)21(18,19)16-5-3-11(4-6-16)20-8-7-17/h1-2,9,11,17H,3-8H2. The highest BCUT2D eigenvalue weighted by Crippen LogP contribution is 2.29. The maximum atomic E-state index is 12.6. The second-order valence-electron chi connectivity index (χ2n) is 4.77. The summed E-state index contributed by atoms with van der Waals surface area (Å²) in [6.45, 7) is 0.969. The fourth-order valence-corrected chi connectivity index (χ4v) is 4.48. The molecule has 1 heterocycles. The van der Waals surface area contributed by atoms with Gasteiger partial charge in [0.1, 0.15) is 4.90 Å². The Kier molecular flexibility index (Phi) is 5.88. The van der Waals surface area contributed by atoms with Crippen molar-refractivity contribution in [2.75, 3.05) is 26.3 Å². The molecule has 8 heteroatoms. The molecule has 5 nitrogen and oxygen atoms in total. The molecule has 1 saturated heterocycles. The van der Waals surface area contributed by atoms with Crippen molar-refractivity contribution in [3.8, 4) is 0 Å². The Labute approximate surface area is 134 Å². The highest BCUT2D eigenvalue weighted by Gasteiger charge is 2.31. The Morgan fingerprint density at radius 1 is 1.29 bits per heavy atom. The van der Waals surface area contributed by atoms with Crippen LogP contribution in [0, 0.1) is 0 Å². The van der Waals surface area contributed by atoms with Gasteiger partial charge in [0.05, 0.1) is 24.3 Å². The number of hydrogen-bond donors (Lipinski definition) is 1. The number of ether oxygens (including phenoxy) is 1. The van der Waals surface area contributed by atoms with Crippen molar-refractivity contribution in [2.24, 2.45) is 0 Å². The molecule has 1 aromatic carbocycles. The summed E-state index contributed by atoms with van der Waals surface area (Å²) in [6, 6.07) is 4.40. The summed E-state index contributed by atoms with van der Waals surface area (Å²) in [6.07, 6.45) is 1.17. The van der Waals surface area contributed by atoms with Gasteiger partial charge in [-0.05, 0) is 31.0 Å². The van der Waals surface area contributed by atoms with Crippen molar-refractivity contribution in [2.45, 2.75) is 23.8 Å². The zero-order chi connectivity index (χ0) is 15.5. The van der Waals surface area contributed by atoms with Crippen LogP contribution in [0.5, 0.6) is 0 Å². The molecule has 0 aliphatic carbocycles. The van der Waals surface area contributed by atoms with Crippen LogP contribution >= 0.6 is 23.2 Å². The van der Waals surface area contributed by atoms with Gasteiger partial charge in [-0.1, -0.05) is 23.2 Å². The van der Waals surface area contributed by atoms with E-state index in [1.54, 1.807) is 6.07 Å². The summed E-state index contributed by atoms with van der Waals surface area (Å²) >= 11 is 11.8. The van der Waals surface area contributed by atoms with Crippen molar-refractivity contribution < 1.29 is 18.3 Å². The second-order valence-corrected chi connectivity index (χ2v) is 7.52. The van der Waals surface area contributed by atoms with Crippen LogP contribution < -0.4 is 0 Å². The summed E-state index contributed by atoms with van der Waals surface area (Å²) in [7, 11) is -3.65. The topological polar surface area (TPSA) is 66.8 Å². The summed E-state index contributed by atoms with van der Waals surface area (Å²) in [5.74, 6) is 0. The number of nitrogens with zero attached hydrogens (tertiary/aromatic N) is 1. The molecule has 0 aromatic heterocycles. The van der Waals surface area contributed by atoms with Crippen LogP contribution in [-0.2, 0) is 14.8 Å². The number of piperidine rings is 1. The first-order chi connectivity index (χ1) is 9.95. The molecule has 0 amide bonds. The van der Waals surface area contributed by atoms with E-state index >= 15 is 0 Å². The van der Waals surface area contributed by atoms with Crippen LogP contribution in [0.2, 0.25) is 10.0 Å². The largest absolute Gasteiger partial charge is 0.394 e. The van der Waals surface area contributed by atoms with Gasteiger partial charge in [0.15, 0.2) is 0 Å². The van der Waals surface area contributed by atoms with E-state index in [1.807, 2.05) is 0 Å². The lowest BCUT2D eigenvalue weighted by Gasteiger charge is -2.31. The Morgan fingerprint density at radius 3 is 2.57 bits per heavy atom. The third-order valence-electron chi connectivity index (χ3n) is 3.36. The normalized spacial score (nSPS) is 18.0. The van der Waals surface area contributed by atoms with E-state index in [0.717, 1.165) is 0 Å². The molecule has 0 spiro atoms. The lowest BCUT2D eigenvalue weighted by atomic mass is 10.1. The molecule has 1 fully saturated rings. The van der Waals surface area contributed by atoms with Crippen molar-refractivity contribution in [1.82, 2.24) is 4.31 Å². The number of rotatable bonds is 5. The Hall–Kier alpha value is -0.370. The Balaban J connectivity index is 2.10. The number of halogens is 2. The number of benzene rings is 1. The smallest absolute Gasteiger partial charge is 0.244 e. The van der Waals surface area contributed by atoms with E-state index in [9.17, 15) is 8.42 Å². The lowest BCUT2D eigenvalue weighted by Crippen LogP contribution is -2.41. The zero-order valence-corrected chi connectivity index (χ0v) is 13.7. The van der Waals surface area contributed by atoms with Gasteiger partial charge in [0.25, 0.3) is 0 Å². The van der Waals surface area contributed by atoms with E-state index in [4.69, 9.17) is 33.0 Å². The summed E-state index contributed by atoms with van der Waals surface area (Å²) < 4.78 is 32.0. The number of aliphatic hydroxyl groups excluding tert-OH is 1. The van der Waals surface area contributed by atoms with E-state index in [1.165, 1.54) is 16.4 Å². The molecule has 0 atom stereocenters. The fourth-order valence-electron chi connectivity index (χ4n) is 2.27. The SMILES string of the molecule is O=S(=O)(c1cc(Cl)ccc1Cl)N1CCC(OCCO)CC1. The van der Waals surface area contributed by atoms with E-state index in [-0.39, 0.29) is 29.2 Å². The molecule has 1 aliphatic rings. The fraction of sp³-hybridized carbons (Fsp3) is 0.538. The van der Waals surface area contributed by atoms with Crippen molar-refractivity contribution >= 4 is 33.2 Å². The van der Waals surface area contributed by atoms with Crippen LogP contribution in [0.15, 0.2) is 23.1 Å². The van der Waals surface area contributed by atoms with Crippen LogP contribution in [0.25, 0.3) is 0 Å². The first kappa shape index (κ1) is 17.0. The minimum Gasteiger partial charge on any atom is -0.394 e. The van der Waals surface area contributed by atoms with E-state index < -0.39 is 10.0 Å². The first-order valence-electron chi connectivity index (χ1n) is 6.63. The number of hydrogen-bond acceptors (Lipinski definition) is 4. The molecule has 21 heavy (non-hydrogen) atoms. The average Bonchev–Trinajstić information content (AvgIpc) is 2.48. The monoisotopic (exact) mass is 353 g/mol. The molecule has 2 rings (SSSR count). The molecule has 0 radical (unpaired) electrons. The Bertz CT molecular complexity index is 586. The van der Waals surface area contributed by atoms with Crippen LogP contribution in [0.1, 0.15) is 12.8 Å². The molecular formula is C13H17Cl2NO4S. The van der Waals surface area contributed by atoms with Gasteiger partial charge in [0.2, 0.25) is 10.0 Å². The highest BCUT2D eigenvalue weighted by molar-refractivity contribution is 7.89. The van der Waals surface area contributed by atoms with Gasteiger partial charge in [-0.3, -0.25) is 0 Å². The zero-order valence-electron chi connectivity index (χ0n) is 11.3. The minimum absolute atomic E-state index is 0.0153. The van der Waals surface area contributed by atoms with Crippen LogP contribution in [0.3, 0.4) is 0 Å². The maximum Gasteiger partial charge on any atom is 0.244 e. The first-order valence-corrected chi connectivity index (χ1v) is 8.82. The molecule has 1 N–H and O–H groups in total. The second kappa shape index (κ2) is 7.26. The van der Waals surface area contributed by atoms with Crippen LogP contribution in [-0.4, -0.2) is 50.2 Å². The third kappa shape index (κ3) is 4.09. The highest BCUT2D eigenvalue weighted by atomic mass is 35.5. The van der Waals surface area contributed by atoms with Gasteiger partial charge in [-0.2, -0.15) is 4.31 Å². The van der Waals surface area contributed by atoms with E-state index in [2.05, 4.69) is 0 Å². The predicted molar refractivity (Wildman–Crippen MR) is 81.3 cm³/mol. The quantitative estimate of drug-likeness (QED) is 0.880.